The molecule has 0 saturated heterocycles. The van der Waals surface area contributed by atoms with Crippen LogP contribution < -0.4 is 10.6 Å². The fourth-order valence-electron chi connectivity index (χ4n) is 1.54. The van der Waals surface area contributed by atoms with Crippen LogP contribution in [0.2, 0.25) is 0 Å². The summed E-state index contributed by atoms with van der Waals surface area (Å²) in [5.74, 6) is 0.855. The molecule has 0 amide bonds. The van der Waals surface area contributed by atoms with Crippen molar-refractivity contribution in [2.45, 2.75) is 19.4 Å². The highest BCUT2D eigenvalue weighted by atomic mass is 32.2. The van der Waals surface area contributed by atoms with Gasteiger partial charge in [0.2, 0.25) is 0 Å². The van der Waals surface area contributed by atoms with E-state index in [0.29, 0.717) is 11.7 Å². The van der Waals surface area contributed by atoms with Crippen LogP contribution >= 0.6 is 11.8 Å². The standard InChI is InChI=1S/C12H19FN2S/c1-9(6-7-16-3)15(2)12-8-10(13)4-5-11(12)14/h4-5,8-9H,6-7,14H2,1-3H3. The summed E-state index contributed by atoms with van der Waals surface area (Å²) in [6.07, 6.45) is 3.15. The fraction of sp³-hybridized carbons (Fsp3) is 0.500. The molecule has 0 aliphatic heterocycles. The van der Waals surface area contributed by atoms with Crippen LogP contribution in [-0.4, -0.2) is 25.1 Å². The van der Waals surface area contributed by atoms with Crippen molar-refractivity contribution in [3.05, 3.63) is 24.0 Å². The predicted molar refractivity (Wildman–Crippen MR) is 71.7 cm³/mol. The lowest BCUT2D eigenvalue weighted by Crippen LogP contribution is -2.30. The maximum atomic E-state index is 13.1. The molecule has 0 heterocycles. The Morgan fingerprint density at radius 3 is 2.81 bits per heavy atom. The molecule has 2 N–H and O–H groups in total. The number of nitrogen functional groups attached to an aromatic ring is 1. The Bertz CT molecular complexity index is 344. The number of hydrogen-bond donors (Lipinski definition) is 1. The Morgan fingerprint density at radius 2 is 2.19 bits per heavy atom. The van der Waals surface area contributed by atoms with E-state index in [2.05, 4.69) is 13.2 Å². The monoisotopic (exact) mass is 242 g/mol. The van der Waals surface area contributed by atoms with E-state index in [9.17, 15) is 4.39 Å². The second-order valence-corrected chi connectivity index (χ2v) is 4.93. The smallest absolute Gasteiger partial charge is 0.125 e. The molecule has 2 nitrogen and oxygen atoms in total. The predicted octanol–water partition coefficient (Wildman–Crippen LogP) is 2.99. The molecular weight excluding hydrogens is 223 g/mol. The highest BCUT2D eigenvalue weighted by Crippen LogP contribution is 2.25. The van der Waals surface area contributed by atoms with E-state index in [4.69, 9.17) is 5.73 Å². The van der Waals surface area contributed by atoms with E-state index >= 15 is 0 Å². The third kappa shape index (κ3) is 3.30. The van der Waals surface area contributed by atoms with Crippen LogP contribution in [0.1, 0.15) is 13.3 Å². The van der Waals surface area contributed by atoms with E-state index in [1.165, 1.54) is 12.1 Å². The minimum Gasteiger partial charge on any atom is -0.397 e. The number of halogens is 1. The molecule has 0 fully saturated rings. The third-order valence-corrected chi connectivity index (χ3v) is 3.42. The van der Waals surface area contributed by atoms with Crippen LogP contribution in [0.15, 0.2) is 18.2 Å². The highest BCUT2D eigenvalue weighted by Gasteiger charge is 2.12. The lowest BCUT2D eigenvalue weighted by Gasteiger charge is -2.28. The summed E-state index contributed by atoms with van der Waals surface area (Å²) < 4.78 is 13.1. The van der Waals surface area contributed by atoms with E-state index in [1.54, 1.807) is 6.07 Å². The summed E-state index contributed by atoms with van der Waals surface area (Å²) in [4.78, 5) is 2.04. The van der Waals surface area contributed by atoms with Gasteiger partial charge in [0.15, 0.2) is 0 Å². The zero-order valence-electron chi connectivity index (χ0n) is 10.0. The number of nitrogens with two attached hydrogens (primary N) is 1. The molecule has 1 unspecified atom stereocenters. The molecule has 0 radical (unpaired) electrons. The number of benzene rings is 1. The van der Waals surface area contributed by atoms with Gasteiger partial charge in [-0.2, -0.15) is 11.8 Å². The fourth-order valence-corrected chi connectivity index (χ4v) is 2.12. The Morgan fingerprint density at radius 1 is 1.50 bits per heavy atom. The van der Waals surface area contributed by atoms with E-state index in [-0.39, 0.29) is 5.82 Å². The summed E-state index contributed by atoms with van der Waals surface area (Å²) in [6.45, 7) is 2.13. The van der Waals surface area contributed by atoms with Crippen molar-refractivity contribution >= 4 is 23.1 Å². The Labute approximate surface area is 101 Å². The number of hydrogen-bond acceptors (Lipinski definition) is 3. The lowest BCUT2D eigenvalue weighted by atomic mass is 10.2. The minimum absolute atomic E-state index is 0.242. The number of rotatable bonds is 5. The molecule has 0 aliphatic carbocycles. The molecule has 0 bridgehead atoms. The molecular formula is C12H19FN2S. The Kier molecular flexibility index (Phi) is 4.93. The van der Waals surface area contributed by atoms with Crippen molar-refractivity contribution in [2.24, 2.45) is 0 Å². The number of anilines is 2. The van der Waals surface area contributed by atoms with Crippen molar-refractivity contribution in [3.8, 4) is 0 Å². The maximum Gasteiger partial charge on any atom is 0.125 e. The topological polar surface area (TPSA) is 29.3 Å². The van der Waals surface area contributed by atoms with Crippen molar-refractivity contribution in [1.29, 1.82) is 0 Å². The van der Waals surface area contributed by atoms with Crippen molar-refractivity contribution in [2.75, 3.05) is 29.7 Å². The lowest BCUT2D eigenvalue weighted by molar-refractivity contribution is 0.622. The summed E-state index contributed by atoms with van der Waals surface area (Å²) >= 11 is 1.82. The Balaban J connectivity index is 2.78. The summed E-state index contributed by atoms with van der Waals surface area (Å²) in [5.41, 5.74) is 7.24. The van der Waals surface area contributed by atoms with Gasteiger partial charge in [0, 0.05) is 13.1 Å². The molecule has 4 heteroatoms. The zero-order valence-corrected chi connectivity index (χ0v) is 10.9. The molecule has 0 aromatic heterocycles. The average molecular weight is 242 g/mol. The first-order chi connectivity index (χ1) is 7.56. The van der Waals surface area contributed by atoms with Crippen molar-refractivity contribution in [3.63, 3.8) is 0 Å². The van der Waals surface area contributed by atoms with Gasteiger partial charge in [-0.3, -0.25) is 0 Å². The van der Waals surface area contributed by atoms with Gasteiger partial charge in [-0.05, 0) is 43.6 Å². The van der Waals surface area contributed by atoms with Gasteiger partial charge in [-0.15, -0.1) is 0 Å². The summed E-state index contributed by atoms with van der Waals surface area (Å²) in [7, 11) is 1.95. The van der Waals surface area contributed by atoms with Crippen LogP contribution in [0.3, 0.4) is 0 Å². The first-order valence-corrected chi connectivity index (χ1v) is 6.72. The van der Waals surface area contributed by atoms with Crippen LogP contribution in [0, 0.1) is 5.82 Å². The third-order valence-electron chi connectivity index (χ3n) is 2.77. The quantitative estimate of drug-likeness (QED) is 0.805. The Hall–Kier alpha value is -0.900. The number of nitrogens with zero attached hydrogens (tertiary/aromatic N) is 1. The maximum absolute atomic E-state index is 13.1. The van der Waals surface area contributed by atoms with Crippen LogP contribution in [0.5, 0.6) is 0 Å². The van der Waals surface area contributed by atoms with E-state index in [1.807, 2.05) is 23.7 Å². The molecule has 0 aliphatic rings. The second kappa shape index (κ2) is 5.99. The molecule has 0 spiro atoms. The van der Waals surface area contributed by atoms with Gasteiger partial charge in [0.1, 0.15) is 5.82 Å². The van der Waals surface area contributed by atoms with Crippen molar-refractivity contribution < 1.29 is 4.39 Å². The highest BCUT2D eigenvalue weighted by molar-refractivity contribution is 7.98. The van der Waals surface area contributed by atoms with Gasteiger partial charge in [0.25, 0.3) is 0 Å². The first kappa shape index (κ1) is 13.2. The molecule has 1 aromatic rings. The second-order valence-electron chi connectivity index (χ2n) is 3.94. The van der Waals surface area contributed by atoms with Gasteiger partial charge in [-0.25, -0.2) is 4.39 Å². The van der Waals surface area contributed by atoms with Crippen molar-refractivity contribution in [1.82, 2.24) is 0 Å². The normalized spacial score (nSPS) is 12.5. The first-order valence-electron chi connectivity index (χ1n) is 5.33. The largest absolute Gasteiger partial charge is 0.397 e. The SMILES string of the molecule is CSCCC(C)N(C)c1cc(F)ccc1N. The van der Waals surface area contributed by atoms with Crippen LogP contribution in [-0.2, 0) is 0 Å². The molecule has 16 heavy (non-hydrogen) atoms. The van der Waals surface area contributed by atoms with E-state index < -0.39 is 0 Å². The minimum atomic E-state index is -0.242. The summed E-state index contributed by atoms with van der Waals surface area (Å²) in [6, 6.07) is 4.85. The van der Waals surface area contributed by atoms with Crippen LogP contribution in [0.25, 0.3) is 0 Å². The molecule has 90 valence electrons. The van der Waals surface area contributed by atoms with Gasteiger partial charge < -0.3 is 10.6 Å². The zero-order chi connectivity index (χ0) is 12.1. The van der Waals surface area contributed by atoms with Gasteiger partial charge in [-0.1, -0.05) is 0 Å². The molecule has 1 rings (SSSR count). The van der Waals surface area contributed by atoms with Crippen LogP contribution in [0.4, 0.5) is 15.8 Å². The van der Waals surface area contributed by atoms with E-state index in [0.717, 1.165) is 17.9 Å². The molecule has 1 aromatic carbocycles. The average Bonchev–Trinajstić information content (AvgIpc) is 2.28. The number of thioether (sulfide) groups is 1. The molecule has 1 atom stereocenters. The summed E-state index contributed by atoms with van der Waals surface area (Å²) in [5, 5.41) is 0. The van der Waals surface area contributed by atoms with Gasteiger partial charge in [0.05, 0.1) is 11.4 Å². The van der Waals surface area contributed by atoms with Gasteiger partial charge >= 0.3 is 0 Å². The molecule has 0 saturated carbocycles.